The smallest absolute Gasteiger partial charge is 0.238 e. The van der Waals surface area contributed by atoms with Crippen LogP contribution in [0.4, 0.5) is 0 Å². The molecule has 1 aromatic carbocycles. The Morgan fingerprint density at radius 1 is 1.29 bits per heavy atom. The number of primary sulfonamides is 1. The molecule has 10 nitrogen and oxygen atoms in total. The van der Waals surface area contributed by atoms with Gasteiger partial charge in [0, 0.05) is 22.7 Å². The SMILES string of the molecule is NN/N=C(\N)c1c(-c2cnc3[nH]ncc3c2)cccc1S(N)(=O)=O. The van der Waals surface area contributed by atoms with E-state index in [0.29, 0.717) is 16.8 Å². The van der Waals surface area contributed by atoms with Gasteiger partial charge in [-0.05, 0) is 17.7 Å². The summed E-state index contributed by atoms with van der Waals surface area (Å²) in [5, 5.41) is 16.4. The molecule has 3 aromatic rings. The molecule has 8 N–H and O–H groups in total. The lowest BCUT2D eigenvalue weighted by atomic mass is 10.00. The number of nitrogens with two attached hydrogens (primary N) is 3. The van der Waals surface area contributed by atoms with Gasteiger partial charge in [0.2, 0.25) is 10.0 Å². The number of nitrogens with zero attached hydrogens (tertiary/aromatic N) is 3. The van der Waals surface area contributed by atoms with Gasteiger partial charge in [-0.1, -0.05) is 12.1 Å². The van der Waals surface area contributed by atoms with Gasteiger partial charge >= 0.3 is 0 Å². The molecule has 2 aromatic heterocycles. The third-order valence-corrected chi connectivity index (χ3v) is 4.33. The fraction of sp³-hybridized carbons (Fsp3) is 0. The van der Waals surface area contributed by atoms with E-state index in [1.807, 2.05) is 5.53 Å². The van der Waals surface area contributed by atoms with Crippen LogP contribution >= 0.6 is 0 Å². The Morgan fingerprint density at radius 3 is 2.79 bits per heavy atom. The molecular formula is C13H14N8O2S. The number of fused-ring (bicyclic) bond motifs is 1. The van der Waals surface area contributed by atoms with Crippen molar-refractivity contribution in [3.8, 4) is 11.1 Å². The first-order valence-corrected chi connectivity index (χ1v) is 8.21. The van der Waals surface area contributed by atoms with Gasteiger partial charge in [0.1, 0.15) is 0 Å². The number of aromatic amines is 1. The maximum absolute atomic E-state index is 11.9. The van der Waals surface area contributed by atoms with Crippen LogP contribution in [0.1, 0.15) is 5.56 Å². The van der Waals surface area contributed by atoms with E-state index in [9.17, 15) is 8.42 Å². The average Bonchev–Trinajstić information content (AvgIpc) is 3.01. The highest BCUT2D eigenvalue weighted by atomic mass is 32.2. The monoisotopic (exact) mass is 346 g/mol. The summed E-state index contributed by atoms with van der Waals surface area (Å²) in [5.41, 5.74) is 9.79. The van der Waals surface area contributed by atoms with Crippen LogP contribution in [0.3, 0.4) is 0 Å². The van der Waals surface area contributed by atoms with E-state index in [2.05, 4.69) is 20.3 Å². The largest absolute Gasteiger partial charge is 0.382 e. The van der Waals surface area contributed by atoms with Gasteiger partial charge < -0.3 is 5.73 Å². The molecule has 0 atom stereocenters. The number of benzene rings is 1. The quantitative estimate of drug-likeness (QED) is 0.180. The lowest BCUT2D eigenvalue weighted by Gasteiger charge is -2.13. The number of hydrazone groups is 1. The van der Waals surface area contributed by atoms with Crippen molar-refractivity contribution in [2.24, 2.45) is 21.8 Å². The number of hydrazine groups is 1. The van der Waals surface area contributed by atoms with Gasteiger partial charge in [0.15, 0.2) is 11.5 Å². The summed E-state index contributed by atoms with van der Waals surface area (Å²) in [4.78, 5) is 4.07. The number of nitrogens with one attached hydrogen (secondary N) is 2. The molecule has 0 aliphatic rings. The number of hydrogen-bond acceptors (Lipinski definition) is 7. The zero-order valence-corrected chi connectivity index (χ0v) is 13.1. The van der Waals surface area contributed by atoms with Crippen molar-refractivity contribution in [3.05, 3.63) is 42.2 Å². The standard InChI is InChI=1S/C13H14N8O2S/c14-12(19-21-15)11-9(2-1-3-10(11)24(16,22)23)7-4-8-6-18-20-13(8)17-5-7/h1-6,21H,15H2,(H2,14,19)(H2,16,22,23)(H,17,18,20). The second-order valence-corrected chi connectivity index (χ2v) is 6.41. The van der Waals surface area contributed by atoms with E-state index >= 15 is 0 Å². The summed E-state index contributed by atoms with van der Waals surface area (Å²) >= 11 is 0. The summed E-state index contributed by atoms with van der Waals surface area (Å²) in [6, 6.07) is 6.38. The number of rotatable bonds is 4. The molecule has 0 saturated carbocycles. The van der Waals surface area contributed by atoms with E-state index in [4.69, 9.17) is 16.7 Å². The van der Waals surface area contributed by atoms with Gasteiger partial charge in [-0.25, -0.2) is 29.9 Å². The van der Waals surface area contributed by atoms with Crippen molar-refractivity contribution >= 4 is 26.9 Å². The van der Waals surface area contributed by atoms with Crippen LogP contribution in [0.2, 0.25) is 0 Å². The molecule has 24 heavy (non-hydrogen) atoms. The normalized spacial score (nSPS) is 12.5. The second-order valence-electron chi connectivity index (χ2n) is 4.88. The predicted molar refractivity (Wildman–Crippen MR) is 88.7 cm³/mol. The van der Waals surface area contributed by atoms with Gasteiger partial charge in [-0.15, -0.1) is 5.10 Å². The van der Waals surface area contributed by atoms with E-state index in [1.54, 1.807) is 30.6 Å². The Morgan fingerprint density at radius 2 is 2.08 bits per heavy atom. The number of amidine groups is 1. The highest BCUT2D eigenvalue weighted by molar-refractivity contribution is 7.89. The second kappa shape index (κ2) is 5.88. The fourth-order valence-electron chi connectivity index (χ4n) is 2.38. The summed E-state index contributed by atoms with van der Waals surface area (Å²) in [5.74, 6) is 5.03. The Labute approximate surface area is 136 Å². The van der Waals surface area contributed by atoms with Crippen molar-refractivity contribution in [2.45, 2.75) is 4.90 Å². The van der Waals surface area contributed by atoms with Crippen molar-refractivity contribution in [2.75, 3.05) is 0 Å². The van der Waals surface area contributed by atoms with Crippen LogP contribution in [0.15, 0.2) is 46.7 Å². The fourth-order valence-corrected chi connectivity index (χ4v) is 3.15. The molecule has 0 fully saturated rings. The summed E-state index contributed by atoms with van der Waals surface area (Å²) < 4.78 is 23.8. The predicted octanol–water partition coefficient (Wildman–Crippen LogP) is -0.644. The molecule has 0 aliphatic carbocycles. The highest BCUT2D eigenvalue weighted by Crippen LogP contribution is 2.29. The lowest BCUT2D eigenvalue weighted by Crippen LogP contribution is -2.26. The van der Waals surface area contributed by atoms with Gasteiger partial charge in [-0.2, -0.15) is 5.10 Å². The van der Waals surface area contributed by atoms with Crippen LogP contribution < -0.4 is 22.3 Å². The Hall–Kier alpha value is -3.02. The summed E-state index contributed by atoms with van der Waals surface area (Å²) in [6.45, 7) is 0. The molecule has 3 rings (SSSR count). The van der Waals surface area contributed by atoms with Crippen molar-refractivity contribution in [1.29, 1.82) is 0 Å². The molecule has 0 saturated heterocycles. The zero-order chi connectivity index (χ0) is 17.3. The molecule has 0 bridgehead atoms. The van der Waals surface area contributed by atoms with E-state index in [-0.39, 0.29) is 16.3 Å². The first kappa shape index (κ1) is 15.9. The third kappa shape index (κ3) is 2.78. The maximum Gasteiger partial charge on any atom is 0.238 e. The number of aromatic nitrogens is 3. The van der Waals surface area contributed by atoms with Crippen molar-refractivity contribution in [1.82, 2.24) is 20.7 Å². The Balaban J connectivity index is 2.32. The number of pyridine rings is 1. The molecule has 0 radical (unpaired) electrons. The lowest BCUT2D eigenvalue weighted by molar-refractivity contribution is 0.597. The molecule has 0 unspecified atom stereocenters. The first-order valence-electron chi connectivity index (χ1n) is 6.66. The van der Waals surface area contributed by atoms with Crippen LogP contribution in [0.5, 0.6) is 0 Å². The molecule has 0 amide bonds. The zero-order valence-electron chi connectivity index (χ0n) is 12.3. The minimum atomic E-state index is -4.03. The average molecular weight is 346 g/mol. The summed E-state index contributed by atoms with van der Waals surface area (Å²) in [6.07, 6.45) is 3.17. The van der Waals surface area contributed by atoms with Gasteiger partial charge in [0.25, 0.3) is 0 Å². The first-order chi connectivity index (χ1) is 11.4. The molecule has 124 valence electrons. The van der Waals surface area contributed by atoms with Crippen LogP contribution in [0.25, 0.3) is 22.2 Å². The molecule has 0 aliphatic heterocycles. The van der Waals surface area contributed by atoms with Crippen LogP contribution in [-0.4, -0.2) is 29.4 Å². The Kier molecular flexibility index (Phi) is 3.89. The molecule has 0 spiro atoms. The Bertz CT molecular complexity index is 1040. The topological polar surface area (TPSA) is 178 Å². The highest BCUT2D eigenvalue weighted by Gasteiger charge is 2.21. The van der Waals surface area contributed by atoms with Crippen LogP contribution in [-0.2, 0) is 10.0 Å². The number of H-pyrrole nitrogens is 1. The van der Waals surface area contributed by atoms with Crippen molar-refractivity contribution < 1.29 is 8.42 Å². The number of hydrogen-bond donors (Lipinski definition) is 5. The summed E-state index contributed by atoms with van der Waals surface area (Å²) in [7, 11) is -4.03. The number of sulfonamides is 1. The van der Waals surface area contributed by atoms with Gasteiger partial charge in [-0.3, -0.25) is 5.10 Å². The van der Waals surface area contributed by atoms with E-state index in [1.165, 1.54) is 6.07 Å². The molecular weight excluding hydrogens is 332 g/mol. The van der Waals surface area contributed by atoms with Crippen molar-refractivity contribution in [3.63, 3.8) is 0 Å². The van der Waals surface area contributed by atoms with E-state index < -0.39 is 10.0 Å². The third-order valence-electron chi connectivity index (χ3n) is 3.38. The minimum Gasteiger partial charge on any atom is -0.382 e. The maximum atomic E-state index is 11.9. The van der Waals surface area contributed by atoms with Crippen LogP contribution in [0, 0.1) is 0 Å². The van der Waals surface area contributed by atoms with Gasteiger partial charge in [0.05, 0.1) is 11.1 Å². The molecule has 2 heterocycles. The van der Waals surface area contributed by atoms with E-state index in [0.717, 1.165) is 5.39 Å². The minimum absolute atomic E-state index is 0.121. The molecule has 11 heteroatoms.